The summed E-state index contributed by atoms with van der Waals surface area (Å²) < 4.78 is 5.96. The van der Waals surface area contributed by atoms with Crippen LogP contribution in [0.3, 0.4) is 0 Å². The largest absolute Gasteiger partial charge is 0.507 e. The lowest BCUT2D eigenvalue weighted by molar-refractivity contribution is -0.192. The van der Waals surface area contributed by atoms with Gasteiger partial charge in [-0.15, -0.1) is 0 Å². The number of nitrogens with two attached hydrogens (primary N) is 1. The van der Waals surface area contributed by atoms with Gasteiger partial charge in [-0.2, -0.15) is 0 Å². The van der Waals surface area contributed by atoms with Gasteiger partial charge in [0.2, 0.25) is 11.7 Å². The number of rotatable bonds is 4. The number of fused-ring (bicyclic) bond motifs is 4. The van der Waals surface area contributed by atoms with Gasteiger partial charge in [0.25, 0.3) is 0 Å². The number of likely N-dealkylation sites (N-methyl/N-ethyl adjacent to an activating group) is 1. The van der Waals surface area contributed by atoms with Crippen molar-refractivity contribution < 1.29 is 37.9 Å². The lowest BCUT2D eigenvalue weighted by Crippen LogP contribution is -2.76. The molecule has 0 aliphatic heterocycles. The van der Waals surface area contributed by atoms with E-state index in [2.05, 4.69) is 6.08 Å². The van der Waals surface area contributed by atoms with Crippen LogP contribution in [-0.2, 0) is 23.9 Å². The molecule has 6 N–H and O–H groups in total. The number of aliphatic hydroxyl groups excluding tert-OH is 2. The number of halogens is 1. The van der Waals surface area contributed by atoms with Gasteiger partial charge in [0.15, 0.2) is 11.4 Å². The fourth-order valence-corrected chi connectivity index (χ4v) is 8.07. The summed E-state index contributed by atoms with van der Waals surface area (Å²) in [4.78, 5) is 42.1. The normalized spacial score (nSPS) is 32.4. The average molecular weight is 699 g/mol. The minimum Gasteiger partial charge on any atom is -0.507 e. The Morgan fingerprint density at radius 2 is 1.93 bits per heavy atom. The first-order valence-electron chi connectivity index (χ1n) is 13.9. The summed E-state index contributed by atoms with van der Waals surface area (Å²) in [6, 6.07) is 9.55. The molecular formula is C32H31IN2O8. The lowest BCUT2D eigenvalue weighted by Gasteiger charge is -2.56. The molecule has 7 atom stereocenters. The maximum absolute atomic E-state index is 14.4. The second kappa shape index (κ2) is 10.7. The SMILES string of the molecule is CN(C)[C@@H]1C(O)C(C(N)=O)C(=O)[C@@]2(O)C(=O)C3=C(O)c4c(O)cccc4/C(=C\c4ccc5c(c4)C=CCC5)[C@H]3[C@H](OI)[C@@H]12. The molecule has 2 fully saturated rings. The van der Waals surface area contributed by atoms with Crippen LogP contribution in [0, 0.1) is 17.8 Å². The van der Waals surface area contributed by atoms with E-state index in [9.17, 15) is 34.8 Å². The van der Waals surface area contributed by atoms with Gasteiger partial charge in [0, 0.05) is 17.9 Å². The van der Waals surface area contributed by atoms with E-state index >= 15 is 0 Å². The number of carbonyl (C=O) groups excluding carboxylic acids is 3. The topological polar surface area (TPSA) is 171 Å². The van der Waals surface area contributed by atoms with Gasteiger partial charge in [-0.1, -0.05) is 42.5 Å². The Morgan fingerprint density at radius 3 is 2.60 bits per heavy atom. The molecule has 2 saturated carbocycles. The molecule has 224 valence electrons. The third kappa shape index (κ3) is 4.24. The van der Waals surface area contributed by atoms with Crippen molar-refractivity contribution in [2.75, 3.05) is 14.1 Å². The summed E-state index contributed by atoms with van der Waals surface area (Å²) >= 11 is 1.63. The molecular weight excluding hydrogens is 667 g/mol. The Bertz CT molecular complexity index is 1660. The number of allylic oxidation sites excluding steroid dienone is 1. The fraction of sp³-hybridized carbons (Fsp3) is 0.344. The first-order valence-corrected chi connectivity index (χ1v) is 14.8. The Morgan fingerprint density at radius 1 is 1.19 bits per heavy atom. The van der Waals surface area contributed by atoms with Crippen molar-refractivity contribution in [3.05, 3.63) is 75.9 Å². The van der Waals surface area contributed by atoms with Gasteiger partial charge >= 0.3 is 0 Å². The third-order valence-electron chi connectivity index (χ3n) is 9.34. The number of primary amides is 1. The summed E-state index contributed by atoms with van der Waals surface area (Å²) in [6.07, 6.45) is 5.05. The van der Waals surface area contributed by atoms with Crippen molar-refractivity contribution >= 4 is 64.0 Å². The Balaban J connectivity index is 1.64. The van der Waals surface area contributed by atoms with Crippen molar-refractivity contribution in [3.8, 4) is 5.75 Å². The predicted molar refractivity (Wildman–Crippen MR) is 166 cm³/mol. The number of hydrogen-bond donors (Lipinski definition) is 5. The zero-order valence-electron chi connectivity index (χ0n) is 23.4. The van der Waals surface area contributed by atoms with Gasteiger partial charge in [-0.3, -0.25) is 14.4 Å². The lowest BCUT2D eigenvalue weighted by atomic mass is 9.52. The number of hydrogen-bond acceptors (Lipinski definition) is 9. The van der Waals surface area contributed by atoms with Crippen LogP contribution in [0.1, 0.15) is 34.2 Å². The molecule has 4 aliphatic carbocycles. The quantitative estimate of drug-likeness (QED) is 0.238. The van der Waals surface area contributed by atoms with Crippen molar-refractivity contribution in [1.29, 1.82) is 0 Å². The molecule has 2 aromatic rings. The van der Waals surface area contributed by atoms with E-state index in [0.717, 1.165) is 24.0 Å². The predicted octanol–water partition coefficient (Wildman–Crippen LogP) is 2.43. The van der Waals surface area contributed by atoms with Crippen molar-refractivity contribution in [1.82, 2.24) is 4.90 Å². The van der Waals surface area contributed by atoms with E-state index in [4.69, 9.17) is 8.80 Å². The Labute approximate surface area is 261 Å². The first-order chi connectivity index (χ1) is 20.4. The maximum Gasteiger partial charge on any atom is 0.230 e. The highest BCUT2D eigenvalue weighted by molar-refractivity contribution is 14.1. The highest BCUT2D eigenvalue weighted by Crippen LogP contribution is 2.57. The fourth-order valence-electron chi connectivity index (χ4n) is 7.46. The highest BCUT2D eigenvalue weighted by Gasteiger charge is 2.71. The van der Waals surface area contributed by atoms with Crippen LogP contribution in [-0.4, -0.2) is 80.7 Å². The monoisotopic (exact) mass is 698 g/mol. The zero-order chi connectivity index (χ0) is 31.0. The van der Waals surface area contributed by atoms with Gasteiger partial charge < -0.3 is 34.1 Å². The molecule has 43 heavy (non-hydrogen) atoms. The number of amides is 1. The highest BCUT2D eigenvalue weighted by atomic mass is 127. The summed E-state index contributed by atoms with van der Waals surface area (Å²) in [5.74, 6) is -8.75. The summed E-state index contributed by atoms with van der Waals surface area (Å²) in [5.41, 5.74) is 6.25. The second-order valence-corrected chi connectivity index (χ2v) is 12.3. The Kier molecular flexibility index (Phi) is 7.37. The van der Waals surface area contributed by atoms with E-state index in [1.807, 2.05) is 30.4 Å². The van der Waals surface area contributed by atoms with Gasteiger partial charge in [-0.05, 0) is 66.9 Å². The molecule has 0 heterocycles. The van der Waals surface area contributed by atoms with Crippen molar-refractivity contribution in [2.45, 2.75) is 36.7 Å². The van der Waals surface area contributed by atoms with E-state index in [1.165, 1.54) is 16.5 Å². The van der Waals surface area contributed by atoms with E-state index in [0.29, 0.717) is 11.1 Å². The number of ketones is 2. The molecule has 10 nitrogen and oxygen atoms in total. The maximum atomic E-state index is 14.4. The number of aryl methyl sites for hydroxylation is 1. The smallest absolute Gasteiger partial charge is 0.230 e. The third-order valence-corrected chi connectivity index (χ3v) is 9.93. The van der Waals surface area contributed by atoms with E-state index in [-0.39, 0.29) is 16.9 Å². The first kappa shape index (κ1) is 29.7. The number of phenols is 1. The summed E-state index contributed by atoms with van der Waals surface area (Å²) in [5, 5.41) is 45.9. The molecule has 6 rings (SSSR count). The number of nitrogens with zero attached hydrogens (tertiary/aromatic N) is 1. The Hall–Kier alpha value is -3.36. The molecule has 0 radical (unpaired) electrons. The van der Waals surface area contributed by atoms with E-state index in [1.54, 1.807) is 49.2 Å². The van der Waals surface area contributed by atoms with Crippen LogP contribution in [0.15, 0.2) is 48.0 Å². The standard InChI is InChI=1S/C32H31IN2O8/c1-35(2)25-24-28(43-33)21-18(13-14-10-11-15-6-3-4-7-16(15)12-14)17-8-5-9-19(36)20(17)26(37)22(21)29(39)32(24,42)30(40)23(27(25)38)31(34)41/h4-5,7-13,21,23-25,27-28,36-38,42H,3,6H2,1-2H3,(H2,34,41)/b18-13+/t21-,23?,24-,25+,27?,28+,32+/m1/s1. The van der Waals surface area contributed by atoms with Crippen LogP contribution < -0.4 is 5.73 Å². The number of carbonyl (C=O) groups is 3. The minimum atomic E-state index is -2.87. The molecule has 1 amide bonds. The molecule has 0 spiro atoms. The van der Waals surface area contributed by atoms with Gasteiger partial charge in [-0.25, -0.2) is 0 Å². The van der Waals surface area contributed by atoms with Crippen LogP contribution in [0.4, 0.5) is 0 Å². The molecule has 0 aromatic heterocycles. The van der Waals surface area contributed by atoms with E-state index < -0.39 is 64.8 Å². The van der Waals surface area contributed by atoms with Gasteiger partial charge in [0.05, 0.1) is 23.3 Å². The van der Waals surface area contributed by atoms with Crippen molar-refractivity contribution in [3.63, 3.8) is 0 Å². The molecule has 0 saturated heterocycles. The van der Waals surface area contributed by atoms with Gasteiger partial charge in [0.1, 0.15) is 40.4 Å². The number of benzene rings is 2. The number of Topliss-reactive ketones (excluding diaryl/α,β-unsaturated/α-hetero) is 2. The van der Waals surface area contributed by atoms with Crippen LogP contribution >= 0.6 is 23.0 Å². The molecule has 11 heteroatoms. The summed E-state index contributed by atoms with van der Waals surface area (Å²) in [6.45, 7) is 0. The molecule has 2 aromatic carbocycles. The minimum absolute atomic E-state index is 0.0284. The second-order valence-electron chi connectivity index (χ2n) is 11.8. The number of aromatic hydroxyl groups is 1. The number of phenolic OH excluding ortho intramolecular Hbond substituents is 1. The van der Waals surface area contributed by atoms with Crippen LogP contribution in [0.25, 0.3) is 23.5 Å². The number of aliphatic hydroxyl groups is 3. The van der Waals surface area contributed by atoms with Crippen LogP contribution in [0.5, 0.6) is 5.75 Å². The molecule has 0 bridgehead atoms. The average Bonchev–Trinajstić information content (AvgIpc) is 2.96. The van der Waals surface area contributed by atoms with Crippen molar-refractivity contribution in [2.24, 2.45) is 23.5 Å². The molecule has 2 unspecified atom stereocenters. The summed E-state index contributed by atoms with van der Waals surface area (Å²) in [7, 11) is 3.18. The molecule has 4 aliphatic rings. The van der Waals surface area contributed by atoms with Crippen LogP contribution in [0.2, 0.25) is 0 Å². The zero-order valence-corrected chi connectivity index (χ0v) is 25.6.